The van der Waals surface area contributed by atoms with E-state index in [9.17, 15) is 5.11 Å². The number of aryl methyl sites for hydroxylation is 1. The molecule has 0 unspecified atom stereocenters. The number of rotatable bonds is 0. The maximum Gasteiger partial charge on any atom is 0.139 e. The predicted octanol–water partition coefficient (Wildman–Crippen LogP) is 0.00870. The molecule has 2 rings (SSSR count). The van der Waals surface area contributed by atoms with Crippen molar-refractivity contribution in [2.45, 2.75) is 12.8 Å². The predicted molar refractivity (Wildman–Crippen MR) is 53.1 cm³/mol. The van der Waals surface area contributed by atoms with Crippen LogP contribution in [0.1, 0.15) is 12.0 Å². The highest BCUT2D eigenvalue weighted by Gasteiger charge is 2.12. The Morgan fingerprint density at radius 2 is 2.25 bits per heavy atom. The first-order valence-corrected chi connectivity index (χ1v) is 4.34. The fourth-order valence-electron chi connectivity index (χ4n) is 1.73. The van der Waals surface area contributed by atoms with Crippen molar-refractivity contribution in [3.05, 3.63) is 17.7 Å². The van der Waals surface area contributed by atoms with Gasteiger partial charge in [-0.25, -0.2) is 0 Å². The second-order valence-corrected chi connectivity index (χ2v) is 3.35. The summed E-state index contributed by atoms with van der Waals surface area (Å²) in [6.07, 6.45) is 2.24. The van der Waals surface area contributed by atoms with E-state index >= 15 is 0 Å². The monoisotopic (exact) mass is 161 g/mol. The minimum Gasteiger partial charge on any atom is -0.506 e. The molecule has 2 N–H and O–H groups in total. The van der Waals surface area contributed by atoms with E-state index in [0.717, 1.165) is 30.5 Å². The lowest BCUT2D eigenvalue weighted by Gasteiger charge is -2.19. The fraction of sp³-hybridized carbons (Fsp3) is 0.333. The number of nitrogens with one attached hydrogen (secondary N) is 1. The third-order valence-electron chi connectivity index (χ3n) is 2.27. The molecule has 62 valence electrons. The van der Waals surface area contributed by atoms with Gasteiger partial charge in [-0.15, -0.1) is 0 Å². The van der Waals surface area contributed by atoms with E-state index in [1.165, 1.54) is 5.56 Å². The zero-order chi connectivity index (χ0) is 8.55. The van der Waals surface area contributed by atoms with E-state index in [2.05, 4.69) is 11.4 Å². The van der Waals surface area contributed by atoms with Gasteiger partial charge in [-0.2, -0.15) is 0 Å². The van der Waals surface area contributed by atoms with Crippen LogP contribution in [-0.4, -0.2) is 19.5 Å². The quantitative estimate of drug-likeness (QED) is 0.415. The SMILES string of the molecule is Bc1cc(O)c2c(c1)CCCN2. The Labute approximate surface area is 73.0 Å². The molecule has 0 saturated heterocycles. The Hall–Kier alpha value is -1.12. The molecule has 3 heteroatoms. The third-order valence-corrected chi connectivity index (χ3v) is 2.27. The second kappa shape index (κ2) is 2.74. The van der Waals surface area contributed by atoms with Crippen LogP contribution >= 0.6 is 0 Å². The van der Waals surface area contributed by atoms with E-state index in [4.69, 9.17) is 0 Å². The second-order valence-electron chi connectivity index (χ2n) is 3.35. The van der Waals surface area contributed by atoms with Gasteiger partial charge in [-0.3, -0.25) is 0 Å². The van der Waals surface area contributed by atoms with Crippen molar-refractivity contribution < 1.29 is 5.11 Å². The first kappa shape index (κ1) is 7.53. The maximum absolute atomic E-state index is 9.57. The molecule has 1 aliphatic heterocycles. The summed E-state index contributed by atoms with van der Waals surface area (Å²) in [5.74, 6) is 0.393. The zero-order valence-electron chi connectivity index (χ0n) is 7.22. The van der Waals surface area contributed by atoms with Crippen molar-refractivity contribution in [2.24, 2.45) is 0 Å². The Kier molecular flexibility index (Phi) is 1.72. The Morgan fingerprint density at radius 1 is 1.42 bits per heavy atom. The molecule has 0 amide bonds. The molecule has 1 aliphatic rings. The topological polar surface area (TPSA) is 32.3 Å². The standard InChI is InChI=1S/C9H12BNO/c10-7-4-6-2-1-3-11-9(6)8(12)5-7/h4-5,11-12H,1-3,10H2. The molecule has 0 bridgehead atoms. The van der Waals surface area contributed by atoms with E-state index in [1.807, 2.05) is 7.85 Å². The number of benzene rings is 1. The van der Waals surface area contributed by atoms with Crippen molar-refractivity contribution in [1.82, 2.24) is 0 Å². The van der Waals surface area contributed by atoms with E-state index in [0.29, 0.717) is 5.75 Å². The molecule has 0 aromatic heterocycles. The molecule has 12 heavy (non-hydrogen) atoms. The first-order valence-electron chi connectivity index (χ1n) is 4.34. The van der Waals surface area contributed by atoms with Crippen LogP contribution in [0.3, 0.4) is 0 Å². The molecular formula is C9H12BNO. The van der Waals surface area contributed by atoms with Gasteiger partial charge in [0.15, 0.2) is 0 Å². The summed E-state index contributed by atoms with van der Waals surface area (Å²) in [4.78, 5) is 0. The molecule has 1 heterocycles. The molecule has 0 radical (unpaired) electrons. The number of phenolic OH excluding ortho intramolecular Hbond substituents is 1. The summed E-state index contributed by atoms with van der Waals surface area (Å²) in [6, 6.07) is 3.94. The molecule has 0 aliphatic carbocycles. The minimum absolute atomic E-state index is 0.393. The van der Waals surface area contributed by atoms with Crippen LogP contribution < -0.4 is 10.8 Å². The lowest BCUT2D eigenvalue weighted by atomic mass is 9.90. The van der Waals surface area contributed by atoms with Gasteiger partial charge in [0.1, 0.15) is 13.6 Å². The van der Waals surface area contributed by atoms with Crippen molar-refractivity contribution in [3.63, 3.8) is 0 Å². The number of hydrogen-bond donors (Lipinski definition) is 2. The van der Waals surface area contributed by atoms with E-state index in [1.54, 1.807) is 6.07 Å². The minimum atomic E-state index is 0.393. The van der Waals surface area contributed by atoms with E-state index in [-0.39, 0.29) is 0 Å². The van der Waals surface area contributed by atoms with Crippen LogP contribution in [0.5, 0.6) is 5.75 Å². The van der Waals surface area contributed by atoms with Crippen molar-refractivity contribution in [2.75, 3.05) is 11.9 Å². The van der Waals surface area contributed by atoms with Gasteiger partial charge < -0.3 is 10.4 Å². The van der Waals surface area contributed by atoms with Gasteiger partial charge in [0.25, 0.3) is 0 Å². The van der Waals surface area contributed by atoms with Crippen LogP contribution in [-0.2, 0) is 6.42 Å². The normalized spacial score (nSPS) is 15.0. The smallest absolute Gasteiger partial charge is 0.139 e. The van der Waals surface area contributed by atoms with Gasteiger partial charge in [0.05, 0.1) is 5.69 Å². The molecule has 1 aromatic rings. The van der Waals surface area contributed by atoms with Gasteiger partial charge in [0, 0.05) is 6.54 Å². The molecule has 0 spiro atoms. The van der Waals surface area contributed by atoms with Gasteiger partial charge in [-0.05, 0) is 24.5 Å². The summed E-state index contributed by atoms with van der Waals surface area (Å²) in [7, 11) is 2.01. The average molecular weight is 161 g/mol. The Balaban J connectivity index is 2.53. The van der Waals surface area contributed by atoms with Crippen LogP contribution in [0.4, 0.5) is 5.69 Å². The summed E-state index contributed by atoms with van der Waals surface area (Å²) in [6.45, 7) is 0.976. The lowest BCUT2D eigenvalue weighted by molar-refractivity contribution is 0.476. The Bertz CT molecular complexity index is 312. The number of aromatic hydroxyl groups is 1. The maximum atomic E-state index is 9.57. The molecule has 0 fully saturated rings. The highest BCUT2D eigenvalue weighted by Crippen LogP contribution is 2.29. The number of hydrogen-bond acceptors (Lipinski definition) is 2. The summed E-state index contributed by atoms with van der Waals surface area (Å²) in [5.41, 5.74) is 3.32. The van der Waals surface area contributed by atoms with Crippen LogP contribution in [0.2, 0.25) is 0 Å². The molecule has 0 atom stereocenters. The van der Waals surface area contributed by atoms with E-state index < -0.39 is 0 Å². The van der Waals surface area contributed by atoms with Crippen molar-refractivity contribution >= 4 is 19.0 Å². The third kappa shape index (κ3) is 1.15. The van der Waals surface area contributed by atoms with Crippen LogP contribution in [0, 0.1) is 0 Å². The van der Waals surface area contributed by atoms with Crippen molar-refractivity contribution in [1.29, 1.82) is 0 Å². The van der Waals surface area contributed by atoms with Crippen LogP contribution in [0.15, 0.2) is 12.1 Å². The first-order chi connectivity index (χ1) is 5.77. The average Bonchev–Trinajstić information content (AvgIpc) is 2.04. The number of anilines is 1. The summed E-state index contributed by atoms with van der Waals surface area (Å²) >= 11 is 0. The van der Waals surface area contributed by atoms with Gasteiger partial charge in [-0.1, -0.05) is 11.5 Å². The Morgan fingerprint density at radius 3 is 3.08 bits per heavy atom. The number of fused-ring (bicyclic) bond motifs is 1. The summed E-state index contributed by atoms with van der Waals surface area (Å²) < 4.78 is 0. The highest BCUT2D eigenvalue weighted by atomic mass is 16.3. The number of phenols is 1. The van der Waals surface area contributed by atoms with Gasteiger partial charge in [0.2, 0.25) is 0 Å². The van der Waals surface area contributed by atoms with Gasteiger partial charge >= 0.3 is 0 Å². The van der Waals surface area contributed by atoms with Crippen LogP contribution in [0.25, 0.3) is 0 Å². The lowest BCUT2D eigenvalue weighted by Crippen LogP contribution is -2.15. The molecular weight excluding hydrogens is 149 g/mol. The van der Waals surface area contributed by atoms with Crippen molar-refractivity contribution in [3.8, 4) is 5.75 Å². The molecule has 2 nitrogen and oxygen atoms in total. The molecule has 1 aromatic carbocycles. The zero-order valence-corrected chi connectivity index (χ0v) is 7.22. The highest BCUT2D eigenvalue weighted by molar-refractivity contribution is 6.32. The fourth-order valence-corrected chi connectivity index (χ4v) is 1.73. The summed E-state index contributed by atoms with van der Waals surface area (Å²) in [5, 5.41) is 12.8. The largest absolute Gasteiger partial charge is 0.506 e. The molecule has 0 saturated carbocycles.